The Kier molecular flexibility index (Phi) is 3.98. The molecule has 1 aliphatic heterocycles. The number of nitrogens with two attached hydrogens (primary N) is 1. The van der Waals surface area contributed by atoms with Crippen molar-refractivity contribution < 1.29 is 19.1 Å². The number of carboxylic acid groups (broad SMARTS) is 1. The summed E-state index contributed by atoms with van der Waals surface area (Å²) in [6, 6.07) is 1.01. The van der Waals surface area contributed by atoms with Gasteiger partial charge in [0.05, 0.1) is 34.4 Å². The maximum atomic E-state index is 15.4. The van der Waals surface area contributed by atoms with Crippen LogP contribution in [0.25, 0.3) is 10.9 Å². The van der Waals surface area contributed by atoms with Crippen LogP contribution in [0.4, 0.5) is 15.9 Å². The number of carbonyl (C=O) groups excluding carboxylic acids is 1. The minimum absolute atomic E-state index is 0.0352. The summed E-state index contributed by atoms with van der Waals surface area (Å²) in [5, 5.41) is 13.7. The van der Waals surface area contributed by atoms with Gasteiger partial charge >= 0.3 is 5.97 Å². The highest BCUT2D eigenvalue weighted by atomic mass is 19.1. The van der Waals surface area contributed by atoms with Gasteiger partial charge in [-0.3, -0.25) is 14.3 Å². The number of pyridine rings is 1. The van der Waals surface area contributed by atoms with E-state index in [0.717, 1.165) is 24.5 Å². The molecule has 9 nitrogen and oxygen atoms in total. The molecule has 1 aromatic carbocycles. The van der Waals surface area contributed by atoms with Gasteiger partial charge in [0.1, 0.15) is 17.2 Å². The van der Waals surface area contributed by atoms with Crippen molar-refractivity contribution in [1.82, 2.24) is 14.3 Å². The van der Waals surface area contributed by atoms with Crippen molar-refractivity contribution in [2.45, 2.75) is 38.9 Å². The predicted molar refractivity (Wildman–Crippen MR) is 111 cm³/mol. The summed E-state index contributed by atoms with van der Waals surface area (Å²) < 4.78 is 18.6. The van der Waals surface area contributed by atoms with Gasteiger partial charge in [0.2, 0.25) is 5.43 Å². The molecule has 0 unspecified atom stereocenters. The Morgan fingerprint density at radius 1 is 1.29 bits per heavy atom. The number of anilines is 2. The molecule has 0 atom stereocenters. The topological polar surface area (TPSA) is 123 Å². The summed E-state index contributed by atoms with van der Waals surface area (Å²) in [5.74, 6) is -2.07. The van der Waals surface area contributed by atoms with Gasteiger partial charge in [-0.2, -0.15) is 5.10 Å². The van der Waals surface area contributed by atoms with Gasteiger partial charge in [-0.05, 0) is 25.8 Å². The Morgan fingerprint density at radius 2 is 2.00 bits per heavy atom. The van der Waals surface area contributed by atoms with Gasteiger partial charge < -0.3 is 20.3 Å². The van der Waals surface area contributed by atoms with Crippen LogP contribution in [0.5, 0.6) is 0 Å². The van der Waals surface area contributed by atoms with Crippen LogP contribution in [0.2, 0.25) is 0 Å². The van der Waals surface area contributed by atoms with E-state index in [1.807, 2.05) is 0 Å². The highest BCUT2D eigenvalue weighted by Gasteiger charge is 2.34. The Balaban J connectivity index is 1.80. The minimum atomic E-state index is -1.38. The summed E-state index contributed by atoms with van der Waals surface area (Å²) in [6.07, 6.45) is 2.85. The molecule has 0 amide bonds. The zero-order valence-corrected chi connectivity index (χ0v) is 17.0. The van der Waals surface area contributed by atoms with E-state index in [4.69, 9.17) is 5.73 Å². The Labute approximate surface area is 175 Å². The van der Waals surface area contributed by atoms with Gasteiger partial charge in [-0.1, -0.05) is 0 Å². The van der Waals surface area contributed by atoms with Crippen LogP contribution in [0.15, 0.2) is 17.1 Å². The molecule has 2 aromatic heterocycles. The molecule has 0 bridgehead atoms. The predicted octanol–water partition coefficient (Wildman–Crippen LogP) is 2.21. The molecule has 2 aliphatic rings. The van der Waals surface area contributed by atoms with Crippen LogP contribution < -0.4 is 16.1 Å². The molecule has 5 rings (SSSR count). The minimum Gasteiger partial charge on any atom is -0.477 e. The second-order valence-electron chi connectivity index (χ2n) is 8.14. The molecular formula is C21H20FN5O4. The van der Waals surface area contributed by atoms with Crippen molar-refractivity contribution in [2.75, 3.05) is 10.6 Å². The van der Waals surface area contributed by atoms with Crippen molar-refractivity contribution in [2.24, 2.45) is 7.05 Å². The number of nitrogens with zero attached hydrogens (tertiary/aromatic N) is 4. The number of rotatable bonds is 4. The third-order valence-electron chi connectivity index (χ3n) is 6.05. The molecule has 1 saturated carbocycles. The Hall–Kier alpha value is -3.69. The first-order valence-electron chi connectivity index (χ1n) is 9.89. The van der Waals surface area contributed by atoms with Gasteiger partial charge in [-0.15, -0.1) is 0 Å². The number of hydrogen-bond donors (Lipinski definition) is 2. The average molecular weight is 425 g/mol. The number of hydrogen-bond acceptors (Lipinski definition) is 6. The van der Waals surface area contributed by atoms with E-state index in [-0.39, 0.29) is 41.3 Å². The van der Waals surface area contributed by atoms with E-state index in [0.29, 0.717) is 11.5 Å². The summed E-state index contributed by atoms with van der Waals surface area (Å²) >= 11 is 0. The zero-order chi connectivity index (χ0) is 22.2. The van der Waals surface area contributed by atoms with Gasteiger partial charge in [0.25, 0.3) is 0 Å². The van der Waals surface area contributed by atoms with Crippen LogP contribution in [0, 0.1) is 5.82 Å². The highest BCUT2D eigenvalue weighted by molar-refractivity contribution is 6.11. The molecule has 1 fully saturated rings. The maximum Gasteiger partial charge on any atom is 0.341 e. The SMILES string of the molecule is CC(=O)c1c(N2Cc3nn(C)c(N)c3C2)c(F)cc2c(=O)c(C(=O)O)cn(C3CC3)c12. The molecule has 1 aliphatic carbocycles. The number of aromatic nitrogens is 3. The molecule has 31 heavy (non-hydrogen) atoms. The lowest BCUT2D eigenvalue weighted by atomic mass is 10.0. The second-order valence-corrected chi connectivity index (χ2v) is 8.14. The van der Waals surface area contributed by atoms with Crippen LogP contribution in [-0.2, 0) is 20.1 Å². The average Bonchev–Trinajstić information content (AvgIpc) is 3.41. The number of carboxylic acids is 1. The summed E-state index contributed by atoms with van der Waals surface area (Å²) in [5.41, 5.74) is 6.74. The number of benzene rings is 1. The molecule has 0 spiro atoms. The fourth-order valence-corrected chi connectivity index (χ4v) is 4.44. The number of nitrogen functional groups attached to an aromatic ring is 1. The lowest BCUT2D eigenvalue weighted by Crippen LogP contribution is -2.24. The standard InChI is InChI=1S/C21H20FN5O4/c1-9(28)16-17-11(19(29)13(21(30)31)7-27(17)10-3-4-10)5-14(22)18(16)26-6-12-15(8-26)24-25(2)20(12)23/h5,7,10H,3-4,6,8,23H2,1-2H3,(H,30,31). The van der Waals surface area contributed by atoms with E-state index >= 15 is 4.39 Å². The van der Waals surface area contributed by atoms with Gasteiger partial charge in [0, 0.05) is 31.4 Å². The van der Waals surface area contributed by atoms with Crippen molar-refractivity contribution >= 4 is 34.2 Å². The number of aromatic carboxylic acids is 1. The molecule has 3 aromatic rings. The van der Waals surface area contributed by atoms with E-state index in [2.05, 4.69) is 5.10 Å². The largest absolute Gasteiger partial charge is 0.477 e. The van der Waals surface area contributed by atoms with Crippen LogP contribution >= 0.6 is 0 Å². The third kappa shape index (κ3) is 2.74. The molecule has 0 radical (unpaired) electrons. The number of aryl methyl sites for hydroxylation is 1. The molecule has 10 heteroatoms. The first kappa shape index (κ1) is 19.3. The van der Waals surface area contributed by atoms with Gasteiger partial charge in [0.15, 0.2) is 5.78 Å². The summed E-state index contributed by atoms with van der Waals surface area (Å²) in [7, 11) is 1.73. The third-order valence-corrected chi connectivity index (χ3v) is 6.05. The van der Waals surface area contributed by atoms with E-state index < -0.39 is 28.6 Å². The fraction of sp³-hybridized carbons (Fsp3) is 0.333. The molecule has 3 heterocycles. The lowest BCUT2D eigenvalue weighted by molar-refractivity contribution is 0.0694. The van der Waals surface area contributed by atoms with Crippen LogP contribution in [0.1, 0.15) is 57.8 Å². The van der Waals surface area contributed by atoms with Crippen LogP contribution in [0.3, 0.4) is 0 Å². The zero-order valence-electron chi connectivity index (χ0n) is 17.0. The normalized spacial score (nSPS) is 15.5. The lowest BCUT2D eigenvalue weighted by Gasteiger charge is -2.24. The molecule has 3 N–H and O–H groups in total. The second kappa shape index (κ2) is 6.40. The first-order chi connectivity index (χ1) is 14.7. The Bertz CT molecular complexity index is 1370. The summed E-state index contributed by atoms with van der Waals surface area (Å²) in [4.78, 5) is 38.9. The van der Waals surface area contributed by atoms with Crippen LogP contribution in [-0.4, -0.2) is 31.2 Å². The molecular weight excluding hydrogens is 405 g/mol. The number of ketones is 1. The highest BCUT2D eigenvalue weighted by Crippen LogP contribution is 2.42. The van der Waals surface area contributed by atoms with Crippen molar-refractivity contribution in [3.8, 4) is 0 Å². The van der Waals surface area contributed by atoms with Gasteiger partial charge in [-0.25, -0.2) is 9.18 Å². The van der Waals surface area contributed by atoms with Crippen molar-refractivity contribution in [1.29, 1.82) is 0 Å². The number of carbonyl (C=O) groups is 2. The fourth-order valence-electron chi connectivity index (χ4n) is 4.44. The number of Topliss-reactive ketones (excluding diaryl/α,β-unsaturated/α-hetero) is 1. The maximum absolute atomic E-state index is 15.4. The summed E-state index contributed by atoms with van der Waals surface area (Å²) in [6.45, 7) is 1.86. The molecule has 0 saturated heterocycles. The Morgan fingerprint density at radius 3 is 2.58 bits per heavy atom. The molecule has 160 valence electrons. The smallest absolute Gasteiger partial charge is 0.341 e. The van der Waals surface area contributed by atoms with E-state index in [9.17, 15) is 19.5 Å². The van der Waals surface area contributed by atoms with E-state index in [1.165, 1.54) is 13.1 Å². The van der Waals surface area contributed by atoms with Crippen molar-refractivity contribution in [3.05, 3.63) is 50.7 Å². The quantitative estimate of drug-likeness (QED) is 0.614. The first-order valence-corrected chi connectivity index (χ1v) is 9.89. The van der Waals surface area contributed by atoms with E-state index in [1.54, 1.807) is 21.2 Å². The number of fused-ring (bicyclic) bond motifs is 2. The number of halogens is 1. The van der Waals surface area contributed by atoms with Crippen molar-refractivity contribution in [3.63, 3.8) is 0 Å². The monoisotopic (exact) mass is 425 g/mol.